The summed E-state index contributed by atoms with van der Waals surface area (Å²) in [6.45, 7) is 1.98. The van der Waals surface area contributed by atoms with Gasteiger partial charge in [-0.3, -0.25) is 4.79 Å². The van der Waals surface area contributed by atoms with Crippen LogP contribution in [0.2, 0.25) is 0 Å². The van der Waals surface area contributed by atoms with Crippen LogP contribution in [-0.2, 0) is 17.6 Å². The van der Waals surface area contributed by atoms with Gasteiger partial charge in [0, 0.05) is 12.1 Å². The van der Waals surface area contributed by atoms with E-state index in [0.29, 0.717) is 24.8 Å². The highest BCUT2D eigenvalue weighted by atomic mass is 19.1. The number of rotatable bonds is 5. The van der Waals surface area contributed by atoms with Crippen LogP contribution < -0.4 is 11.1 Å². The average molecular weight is 282 g/mol. The molecule has 0 fully saturated rings. The Morgan fingerprint density at radius 2 is 2.25 bits per heavy atom. The number of primary amides is 1. The molecule has 5 heteroatoms. The fourth-order valence-electron chi connectivity index (χ4n) is 2.81. The van der Waals surface area contributed by atoms with Crippen molar-refractivity contribution in [2.75, 3.05) is 0 Å². The van der Waals surface area contributed by atoms with Crippen molar-refractivity contribution in [3.05, 3.63) is 34.9 Å². The predicted octanol–water partition coefficient (Wildman–Crippen LogP) is 2.07. The predicted molar refractivity (Wildman–Crippen MR) is 73.2 cm³/mol. The van der Waals surface area contributed by atoms with Gasteiger partial charge in [-0.1, -0.05) is 13.3 Å². The van der Waals surface area contributed by atoms with Crippen molar-refractivity contribution in [3.8, 4) is 0 Å². The van der Waals surface area contributed by atoms with E-state index in [0.717, 1.165) is 24.5 Å². The Balaban J connectivity index is 2.09. The molecule has 2 unspecified atom stereocenters. The highest BCUT2D eigenvalue weighted by molar-refractivity contribution is 5.79. The standard InChI is InChI=1S/C15H20F2N2O/c1-2-3-14(15(18)20)19-11-5-4-9-6-10(16)7-13(17)12(9)8-11/h6-7,11,14,19H,2-5,8H2,1H3,(H2,18,20). The largest absolute Gasteiger partial charge is 0.368 e. The van der Waals surface area contributed by atoms with Gasteiger partial charge < -0.3 is 11.1 Å². The molecule has 1 aromatic rings. The zero-order valence-corrected chi connectivity index (χ0v) is 11.6. The quantitative estimate of drug-likeness (QED) is 0.868. The monoisotopic (exact) mass is 282 g/mol. The molecule has 2 rings (SSSR count). The van der Waals surface area contributed by atoms with Gasteiger partial charge in [-0.25, -0.2) is 8.78 Å². The molecule has 1 aliphatic carbocycles. The molecule has 0 radical (unpaired) electrons. The molecule has 3 N–H and O–H groups in total. The SMILES string of the molecule is CCCC(NC1CCc2cc(F)cc(F)c2C1)C(N)=O. The molecule has 0 aliphatic heterocycles. The number of carbonyl (C=O) groups excluding carboxylic acids is 1. The second kappa shape index (κ2) is 6.31. The van der Waals surface area contributed by atoms with E-state index in [1.54, 1.807) is 0 Å². The van der Waals surface area contributed by atoms with Gasteiger partial charge >= 0.3 is 0 Å². The Bertz CT molecular complexity index is 505. The van der Waals surface area contributed by atoms with E-state index in [1.807, 2.05) is 6.92 Å². The highest BCUT2D eigenvalue weighted by Gasteiger charge is 2.25. The van der Waals surface area contributed by atoms with E-state index < -0.39 is 11.6 Å². The third kappa shape index (κ3) is 3.33. The fourth-order valence-corrected chi connectivity index (χ4v) is 2.81. The number of benzene rings is 1. The molecule has 0 bridgehead atoms. The maximum Gasteiger partial charge on any atom is 0.234 e. The summed E-state index contributed by atoms with van der Waals surface area (Å²) in [5, 5.41) is 3.20. The van der Waals surface area contributed by atoms with Crippen molar-refractivity contribution >= 4 is 5.91 Å². The molecule has 20 heavy (non-hydrogen) atoms. The molecular formula is C15H20F2N2O. The smallest absolute Gasteiger partial charge is 0.234 e. The summed E-state index contributed by atoms with van der Waals surface area (Å²) in [5.74, 6) is -1.41. The van der Waals surface area contributed by atoms with Crippen LogP contribution in [0.5, 0.6) is 0 Å². The van der Waals surface area contributed by atoms with E-state index in [-0.39, 0.29) is 18.0 Å². The summed E-state index contributed by atoms with van der Waals surface area (Å²) in [7, 11) is 0. The van der Waals surface area contributed by atoms with Crippen molar-refractivity contribution in [2.45, 2.75) is 51.1 Å². The van der Waals surface area contributed by atoms with Gasteiger partial charge in [0.15, 0.2) is 0 Å². The number of hydrogen-bond acceptors (Lipinski definition) is 2. The molecular weight excluding hydrogens is 262 g/mol. The number of amides is 1. The molecule has 3 nitrogen and oxygen atoms in total. The average Bonchev–Trinajstić information content (AvgIpc) is 2.38. The summed E-state index contributed by atoms with van der Waals surface area (Å²) < 4.78 is 26.9. The second-order valence-electron chi connectivity index (χ2n) is 5.38. The molecule has 1 amide bonds. The van der Waals surface area contributed by atoms with Crippen molar-refractivity contribution in [1.82, 2.24) is 5.32 Å². The number of carbonyl (C=O) groups is 1. The minimum Gasteiger partial charge on any atom is -0.368 e. The molecule has 0 heterocycles. The molecule has 1 aromatic carbocycles. The van der Waals surface area contributed by atoms with Gasteiger partial charge in [-0.05, 0) is 42.9 Å². The third-order valence-corrected chi connectivity index (χ3v) is 3.82. The maximum atomic E-state index is 13.8. The molecule has 0 saturated carbocycles. The minimum absolute atomic E-state index is 0.00603. The Morgan fingerprint density at radius 3 is 2.90 bits per heavy atom. The number of nitrogens with one attached hydrogen (secondary N) is 1. The first-order valence-corrected chi connectivity index (χ1v) is 7.03. The summed E-state index contributed by atoms with van der Waals surface area (Å²) in [6.07, 6.45) is 3.35. The summed E-state index contributed by atoms with van der Waals surface area (Å²) in [5.41, 5.74) is 6.64. The molecule has 0 aromatic heterocycles. The van der Waals surface area contributed by atoms with Gasteiger partial charge in [-0.15, -0.1) is 0 Å². The normalized spacial score (nSPS) is 19.4. The first-order valence-electron chi connectivity index (χ1n) is 7.03. The molecule has 110 valence electrons. The zero-order chi connectivity index (χ0) is 14.7. The van der Waals surface area contributed by atoms with Gasteiger partial charge in [0.05, 0.1) is 6.04 Å². The Kier molecular flexibility index (Phi) is 4.70. The maximum absolute atomic E-state index is 13.8. The van der Waals surface area contributed by atoms with Crippen LogP contribution in [0.15, 0.2) is 12.1 Å². The van der Waals surface area contributed by atoms with Gasteiger partial charge in [0.2, 0.25) is 5.91 Å². The van der Waals surface area contributed by atoms with Gasteiger partial charge in [0.25, 0.3) is 0 Å². The lowest BCUT2D eigenvalue weighted by Crippen LogP contribution is -2.48. The van der Waals surface area contributed by atoms with Gasteiger partial charge in [-0.2, -0.15) is 0 Å². The molecule has 2 atom stereocenters. The van der Waals surface area contributed by atoms with Crippen molar-refractivity contribution in [1.29, 1.82) is 0 Å². The lowest BCUT2D eigenvalue weighted by atomic mass is 9.87. The lowest BCUT2D eigenvalue weighted by Gasteiger charge is -2.29. The fraction of sp³-hybridized carbons (Fsp3) is 0.533. The number of aryl methyl sites for hydroxylation is 1. The topological polar surface area (TPSA) is 55.1 Å². The van der Waals surface area contributed by atoms with Crippen LogP contribution in [0.1, 0.15) is 37.3 Å². The molecule has 1 aliphatic rings. The first kappa shape index (κ1) is 14.9. The van der Waals surface area contributed by atoms with E-state index in [2.05, 4.69) is 5.32 Å². The van der Waals surface area contributed by atoms with E-state index in [4.69, 9.17) is 5.73 Å². The first-order chi connectivity index (χ1) is 9.51. The number of fused-ring (bicyclic) bond motifs is 1. The van der Waals surface area contributed by atoms with E-state index in [9.17, 15) is 13.6 Å². The van der Waals surface area contributed by atoms with E-state index >= 15 is 0 Å². The van der Waals surface area contributed by atoms with E-state index in [1.165, 1.54) is 6.07 Å². The Hall–Kier alpha value is -1.49. The van der Waals surface area contributed by atoms with Gasteiger partial charge in [0.1, 0.15) is 11.6 Å². The van der Waals surface area contributed by atoms with Crippen molar-refractivity contribution in [2.24, 2.45) is 5.73 Å². The molecule has 0 spiro atoms. The summed E-state index contributed by atoms with van der Waals surface area (Å²) in [6, 6.07) is 1.94. The third-order valence-electron chi connectivity index (χ3n) is 3.82. The summed E-state index contributed by atoms with van der Waals surface area (Å²) in [4.78, 5) is 11.4. The van der Waals surface area contributed by atoms with Crippen LogP contribution in [-0.4, -0.2) is 18.0 Å². The number of hydrogen-bond donors (Lipinski definition) is 2. The van der Waals surface area contributed by atoms with Crippen LogP contribution in [0, 0.1) is 11.6 Å². The highest BCUT2D eigenvalue weighted by Crippen LogP contribution is 2.25. The van der Waals surface area contributed by atoms with Crippen molar-refractivity contribution in [3.63, 3.8) is 0 Å². The van der Waals surface area contributed by atoms with Crippen molar-refractivity contribution < 1.29 is 13.6 Å². The van der Waals surface area contributed by atoms with Crippen LogP contribution >= 0.6 is 0 Å². The Morgan fingerprint density at radius 1 is 1.50 bits per heavy atom. The van der Waals surface area contributed by atoms with Crippen LogP contribution in [0.25, 0.3) is 0 Å². The lowest BCUT2D eigenvalue weighted by molar-refractivity contribution is -0.120. The zero-order valence-electron chi connectivity index (χ0n) is 11.6. The second-order valence-corrected chi connectivity index (χ2v) is 5.38. The summed E-state index contributed by atoms with van der Waals surface area (Å²) >= 11 is 0. The van der Waals surface area contributed by atoms with Crippen LogP contribution in [0.4, 0.5) is 8.78 Å². The number of halogens is 2. The minimum atomic E-state index is -0.534. The molecule has 0 saturated heterocycles. The number of nitrogens with two attached hydrogens (primary N) is 1. The Labute approximate surface area is 117 Å². The van der Waals surface area contributed by atoms with Crippen LogP contribution in [0.3, 0.4) is 0 Å².